The molecule has 2 rings (SSSR count). The molecule has 2 aromatic rings. The molecule has 0 bridgehead atoms. The molecule has 0 unspecified atom stereocenters. The van der Waals surface area contributed by atoms with E-state index in [1.807, 2.05) is 19.1 Å². The van der Waals surface area contributed by atoms with Crippen LogP contribution >= 0.6 is 0 Å². The van der Waals surface area contributed by atoms with E-state index in [1.165, 1.54) is 16.7 Å². The maximum Gasteiger partial charge on any atom is 0.191 e. The number of benzene rings is 2. The Labute approximate surface area is 174 Å². The number of methoxy groups -OCH3 is 2. The van der Waals surface area contributed by atoms with Crippen LogP contribution < -0.4 is 20.1 Å². The van der Waals surface area contributed by atoms with Gasteiger partial charge in [0.15, 0.2) is 17.5 Å². The Bertz CT molecular complexity index is 778. The zero-order valence-electron chi connectivity index (χ0n) is 18.0. The molecule has 29 heavy (non-hydrogen) atoms. The van der Waals surface area contributed by atoms with Gasteiger partial charge in [0.25, 0.3) is 0 Å². The maximum absolute atomic E-state index is 5.65. The first-order valence-corrected chi connectivity index (χ1v) is 10.0. The second kappa shape index (κ2) is 12.7. The minimum atomic E-state index is 0.622. The Kier molecular flexibility index (Phi) is 9.86. The van der Waals surface area contributed by atoms with Gasteiger partial charge in [-0.15, -0.1) is 0 Å². The average Bonchev–Trinajstić information content (AvgIpc) is 2.74. The molecule has 2 aromatic carbocycles. The second-order valence-electron chi connectivity index (χ2n) is 6.63. The highest BCUT2D eigenvalue weighted by molar-refractivity contribution is 5.79. The van der Waals surface area contributed by atoms with Gasteiger partial charge in [-0.25, -0.2) is 0 Å². The fourth-order valence-corrected chi connectivity index (χ4v) is 3.05. The smallest absolute Gasteiger partial charge is 0.191 e. The van der Waals surface area contributed by atoms with Crippen LogP contribution in [-0.4, -0.2) is 40.4 Å². The first-order chi connectivity index (χ1) is 14.2. The summed E-state index contributed by atoms with van der Waals surface area (Å²) >= 11 is 0. The van der Waals surface area contributed by atoms with E-state index in [-0.39, 0.29) is 0 Å². The van der Waals surface area contributed by atoms with E-state index in [9.17, 15) is 0 Å². The summed E-state index contributed by atoms with van der Waals surface area (Å²) in [5.41, 5.74) is 3.60. The first kappa shape index (κ1) is 22.6. The van der Waals surface area contributed by atoms with Crippen LogP contribution in [0.2, 0.25) is 0 Å². The predicted octanol–water partition coefficient (Wildman–Crippen LogP) is 3.54. The number of aliphatic imine (C=N–C) groups is 1. The van der Waals surface area contributed by atoms with Crippen molar-refractivity contribution in [1.82, 2.24) is 10.6 Å². The van der Waals surface area contributed by atoms with Gasteiger partial charge in [0, 0.05) is 27.2 Å². The van der Waals surface area contributed by atoms with Crippen LogP contribution in [0.1, 0.15) is 30.0 Å². The molecule has 0 aliphatic rings. The molecular weight excluding hydrogens is 366 g/mol. The Balaban J connectivity index is 1.77. The highest BCUT2D eigenvalue weighted by Crippen LogP contribution is 2.28. The fraction of sp³-hybridized carbons (Fsp3) is 0.435. The van der Waals surface area contributed by atoms with Gasteiger partial charge in [-0.05, 0) is 48.6 Å². The lowest BCUT2D eigenvalue weighted by molar-refractivity contribution is 0.185. The summed E-state index contributed by atoms with van der Waals surface area (Å²) in [6.07, 6.45) is 1.94. The molecule has 6 heteroatoms. The third-order valence-corrected chi connectivity index (χ3v) is 4.45. The van der Waals surface area contributed by atoms with E-state index in [4.69, 9.17) is 14.2 Å². The standard InChI is InChI=1S/C23H33N3O3/c1-5-29-22-15-18(11-12-21(22)28-4)10-7-13-25-23(24-2)26-16-19-8-6-9-20(14-19)17-27-3/h6,8-9,11-12,14-15H,5,7,10,13,16-17H2,1-4H3,(H2,24,25,26). The molecule has 0 fully saturated rings. The number of rotatable bonds is 11. The van der Waals surface area contributed by atoms with Crippen LogP contribution in [0.5, 0.6) is 11.5 Å². The Morgan fingerprint density at radius 2 is 1.79 bits per heavy atom. The Hall–Kier alpha value is -2.73. The minimum absolute atomic E-state index is 0.622. The number of nitrogens with zero attached hydrogens (tertiary/aromatic N) is 1. The van der Waals surface area contributed by atoms with Crippen LogP contribution in [0.25, 0.3) is 0 Å². The Morgan fingerprint density at radius 1 is 0.966 bits per heavy atom. The van der Waals surface area contributed by atoms with Crippen LogP contribution in [0.3, 0.4) is 0 Å². The lowest BCUT2D eigenvalue weighted by atomic mass is 10.1. The largest absolute Gasteiger partial charge is 0.493 e. The van der Waals surface area contributed by atoms with Crippen molar-refractivity contribution in [3.8, 4) is 11.5 Å². The molecule has 0 saturated heterocycles. The van der Waals surface area contributed by atoms with Crippen molar-refractivity contribution < 1.29 is 14.2 Å². The van der Waals surface area contributed by atoms with E-state index in [2.05, 4.69) is 46.0 Å². The molecule has 158 valence electrons. The average molecular weight is 400 g/mol. The van der Waals surface area contributed by atoms with E-state index in [0.29, 0.717) is 19.8 Å². The number of aryl methyl sites for hydroxylation is 1. The van der Waals surface area contributed by atoms with E-state index in [0.717, 1.165) is 36.8 Å². The molecule has 0 amide bonds. The van der Waals surface area contributed by atoms with Gasteiger partial charge in [0.2, 0.25) is 0 Å². The molecule has 0 heterocycles. The lowest BCUT2D eigenvalue weighted by Crippen LogP contribution is -2.37. The van der Waals surface area contributed by atoms with Crippen molar-refractivity contribution in [2.45, 2.75) is 32.9 Å². The summed E-state index contributed by atoms with van der Waals surface area (Å²) in [5, 5.41) is 6.73. The SMILES string of the molecule is CCOc1cc(CCCNC(=NC)NCc2cccc(COC)c2)ccc1OC. The molecule has 2 N–H and O–H groups in total. The van der Waals surface area contributed by atoms with Crippen LogP contribution in [0.15, 0.2) is 47.5 Å². The predicted molar refractivity (Wildman–Crippen MR) is 118 cm³/mol. The van der Waals surface area contributed by atoms with Crippen molar-refractivity contribution in [2.24, 2.45) is 4.99 Å². The summed E-state index contributed by atoms with van der Waals surface area (Å²) in [5.74, 6) is 2.37. The normalized spacial score (nSPS) is 11.2. The highest BCUT2D eigenvalue weighted by Gasteiger charge is 2.06. The fourth-order valence-electron chi connectivity index (χ4n) is 3.05. The number of hydrogen-bond donors (Lipinski definition) is 2. The minimum Gasteiger partial charge on any atom is -0.493 e. The highest BCUT2D eigenvalue weighted by atomic mass is 16.5. The van der Waals surface area contributed by atoms with Crippen LogP contribution in [0.4, 0.5) is 0 Å². The van der Waals surface area contributed by atoms with Gasteiger partial charge in [-0.3, -0.25) is 4.99 Å². The third-order valence-electron chi connectivity index (χ3n) is 4.45. The lowest BCUT2D eigenvalue weighted by Gasteiger charge is -2.13. The van der Waals surface area contributed by atoms with Gasteiger partial charge >= 0.3 is 0 Å². The summed E-state index contributed by atoms with van der Waals surface area (Å²) in [4.78, 5) is 4.30. The van der Waals surface area contributed by atoms with Gasteiger partial charge in [-0.2, -0.15) is 0 Å². The maximum atomic E-state index is 5.65. The van der Waals surface area contributed by atoms with Gasteiger partial charge < -0.3 is 24.8 Å². The molecule has 0 saturated carbocycles. The van der Waals surface area contributed by atoms with Crippen LogP contribution in [-0.2, 0) is 24.3 Å². The zero-order valence-corrected chi connectivity index (χ0v) is 18.0. The van der Waals surface area contributed by atoms with Crippen molar-refractivity contribution in [3.63, 3.8) is 0 Å². The first-order valence-electron chi connectivity index (χ1n) is 10.0. The topological polar surface area (TPSA) is 64.1 Å². The van der Waals surface area contributed by atoms with Crippen molar-refractivity contribution in [3.05, 3.63) is 59.2 Å². The van der Waals surface area contributed by atoms with E-state index < -0.39 is 0 Å². The number of nitrogens with one attached hydrogen (secondary N) is 2. The van der Waals surface area contributed by atoms with Gasteiger partial charge in [0.05, 0.1) is 20.3 Å². The molecule has 0 spiro atoms. The number of guanidine groups is 1. The molecule has 0 aliphatic heterocycles. The van der Waals surface area contributed by atoms with E-state index in [1.54, 1.807) is 21.3 Å². The van der Waals surface area contributed by atoms with E-state index >= 15 is 0 Å². The second-order valence-corrected chi connectivity index (χ2v) is 6.63. The summed E-state index contributed by atoms with van der Waals surface area (Å²) in [7, 11) is 5.16. The summed E-state index contributed by atoms with van der Waals surface area (Å²) < 4.78 is 16.2. The monoisotopic (exact) mass is 399 g/mol. The number of ether oxygens (including phenoxy) is 3. The van der Waals surface area contributed by atoms with Crippen molar-refractivity contribution in [2.75, 3.05) is 34.4 Å². The molecule has 0 aromatic heterocycles. The molecule has 6 nitrogen and oxygen atoms in total. The summed E-state index contributed by atoms with van der Waals surface area (Å²) in [6.45, 7) is 4.77. The molecule has 0 aliphatic carbocycles. The third kappa shape index (κ3) is 7.66. The summed E-state index contributed by atoms with van der Waals surface area (Å²) in [6, 6.07) is 14.5. The van der Waals surface area contributed by atoms with Crippen LogP contribution in [0, 0.1) is 0 Å². The molecule has 0 atom stereocenters. The van der Waals surface area contributed by atoms with Gasteiger partial charge in [0.1, 0.15) is 0 Å². The number of hydrogen-bond acceptors (Lipinski definition) is 4. The zero-order chi connectivity index (χ0) is 20.9. The van der Waals surface area contributed by atoms with Gasteiger partial charge in [-0.1, -0.05) is 30.3 Å². The van der Waals surface area contributed by atoms with Crippen molar-refractivity contribution >= 4 is 5.96 Å². The quantitative estimate of drug-likeness (QED) is 0.344. The molecule has 0 radical (unpaired) electrons. The Morgan fingerprint density at radius 3 is 2.52 bits per heavy atom. The van der Waals surface area contributed by atoms with Crippen molar-refractivity contribution in [1.29, 1.82) is 0 Å². The molecular formula is C23H33N3O3.